The Kier molecular flexibility index (Phi) is 0.855. The summed E-state index contributed by atoms with van der Waals surface area (Å²) in [5.41, 5.74) is 0.389. The molecule has 0 unspecified atom stereocenters. The van der Waals surface area contributed by atoms with Crippen molar-refractivity contribution in [2.45, 2.75) is 0 Å². The van der Waals surface area contributed by atoms with Crippen molar-refractivity contribution in [2.24, 2.45) is 0 Å². The predicted octanol–water partition coefficient (Wildman–Crippen LogP) is 0.793. The van der Waals surface area contributed by atoms with Gasteiger partial charge in [-0.3, -0.25) is 0 Å². The lowest BCUT2D eigenvalue weighted by Gasteiger charge is -1.74. The first kappa shape index (κ1) is 4.37. The van der Waals surface area contributed by atoms with Gasteiger partial charge in [0.1, 0.15) is 5.76 Å². The molecule has 0 aliphatic carbocycles. The van der Waals surface area contributed by atoms with Crippen molar-refractivity contribution in [1.82, 2.24) is 5.16 Å². The Morgan fingerprint density at radius 3 is 2.43 bits per heavy atom. The molecule has 1 aromatic heterocycles. The minimum atomic E-state index is 0.181. The van der Waals surface area contributed by atoms with Crippen LogP contribution in [0.2, 0.25) is 0 Å². The average molecular weight is 93.1 g/mol. The molecule has 0 atom stereocenters. The molecule has 4 radical (unpaired) electrons. The Balaban J connectivity index is 3.12. The van der Waals surface area contributed by atoms with Gasteiger partial charge in [0.05, 0.1) is 6.20 Å². The standard InChI is InChI=1S/C5H3NO/c1-4-3-6-7-5(4)2/h1-3H. The summed E-state index contributed by atoms with van der Waals surface area (Å²) in [5.74, 6) is 0.181. The fourth-order valence-corrected chi connectivity index (χ4v) is 0.256. The van der Waals surface area contributed by atoms with E-state index in [9.17, 15) is 0 Å². The molecule has 0 aliphatic heterocycles. The van der Waals surface area contributed by atoms with E-state index in [4.69, 9.17) is 13.8 Å². The summed E-state index contributed by atoms with van der Waals surface area (Å²) in [6.07, 6.45) is 1.36. The van der Waals surface area contributed by atoms with Gasteiger partial charge < -0.3 is 4.52 Å². The second kappa shape index (κ2) is 1.37. The maximum absolute atomic E-state index is 5.16. The van der Waals surface area contributed by atoms with Crippen LogP contribution in [-0.4, -0.2) is 5.16 Å². The SMILES string of the molecule is [CH]c1cnoc1[CH]. The summed E-state index contributed by atoms with van der Waals surface area (Å²) >= 11 is 0. The molecule has 2 heteroatoms. The fourth-order valence-electron chi connectivity index (χ4n) is 0.256. The van der Waals surface area contributed by atoms with E-state index < -0.39 is 0 Å². The molecule has 1 aromatic rings. The van der Waals surface area contributed by atoms with Crippen molar-refractivity contribution in [3.05, 3.63) is 31.4 Å². The first-order valence-electron chi connectivity index (χ1n) is 1.76. The Hall–Kier alpha value is -0.790. The topological polar surface area (TPSA) is 26.0 Å². The molecule has 2 nitrogen and oxygen atoms in total. The molecule has 0 aliphatic rings. The van der Waals surface area contributed by atoms with E-state index in [1.165, 1.54) is 6.20 Å². The highest BCUT2D eigenvalue weighted by atomic mass is 16.5. The summed E-state index contributed by atoms with van der Waals surface area (Å²) in [5, 5.41) is 3.30. The maximum atomic E-state index is 5.16. The fraction of sp³-hybridized carbons (Fsp3) is 0. The van der Waals surface area contributed by atoms with Crippen LogP contribution in [0.25, 0.3) is 0 Å². The molecular formula is C5H3NO. The molecule has 1 rings (SSSR count). The minimum Gasteiger partial charge on any atom is -0.361 e. The summed E-state index contributed by atoms with van der Waals surface area (Å²) in [4.78, 5) is 0. The predicted molar refractivity (Wildman–Crippen MR) is 23.3 cm³/mol. The lowest BCUT2D eigenvalue weighted by molar-refractivity contribution is 0.406. The molecule has 0 aromatic carbocycles. The number of hydrogen-bond donors (Lipinski definition) is 0. The van der Waals surface area contributed by atoms with Crippen LogP contribution in [-0.2, 0) is 0 Å². The molecule has 0 fully saturated rings. The summed E-state index contributed by atoms with van der Waals surface area (Å²) in [7, 11) is 0. The van der Waals surface area contributed by atoms with Gasteiger partial charge in [-0.15, -0.1) is 0 Å². The van der Waals surface area contributed by atoms with Gasteiger partial charge in [-0.05, 0) is 0 Å². The summed E-state index contributed by atoms with van der Waals surface area (Å²) in [6, 6.07) is 0. The van der Waals surface area contributed by atoms with Crippen LogP contribution in [0.1, 0.15) is 11.3 Å². The van der Waals surface area contributed by atoms with Crippen molar-refractivity contribution in [3.63, 3.8) is 0 Å². The highest BCUT2D eigenvalue weighted by Crippen LogP contribution is 2.00. The maximum Gasteiger partial charge on any atom is 0.144 e. The van der Waals surface area contributed by atoms with Crippen molar-refractivity contribution in [1.29, 1.82) is 0 Å². The molecular weight excluding hydrogens is 90.1 g/mol. The Morgan fingerprint density at radius 2 is 2.29 bits per heavy atom. The van der Waals surface area contributed by atoms with Gasteiger partial charge in [-0.25, -0.2) is 0 Å². The van der Waals surface area contributed by atoms with Crippen LogP contribution in [0.5, 0.6) is 0 Å². The molecule has 0 saturated heterocycles. The third kappa shape index (κ3) is 0.633. The molecule has 1 heterocycles. The molecule has 34 valence electrons. The second-order valence-corrected chi connectivity index (χ2v) is 1.15. The van der Waals surface area contributed by atoms with Crippen LogP contribution in [0.3, 0.4) is 0 Å². The molecule has 0 N–H and O–H groups in total. The lowest BCUT2D eigenvalue weighted by Crippen LogP contribution is -1.63. The van der Waals surface area contributed by atoms with Gasteiger partial charge >= 0.3 is 0 Å². The lowest BCUT2D eigenvalue weighted by atomic mass is 10.3. The Morgan fingerprint density at radius 1 is 1.57 bits per heavy atom. The van der Waals surface area contributed by atoms with Gasteiger partial charge in [0.2, 0.25) is 0 Å². The normalized spacial score (nSPS) is 9.43. The second-order valence-electron chi connectivity index (χ2n) is 1.15. The van der Waals surface area contributed by atoms with Gasteiger partial charge in [0, 0.05) is 19.4 Å². The first-order valence-corrected chi connectivity index (χ1v) is 1.76. The quantitative estimate of drug-likeness (QED) is 0.474. The zero-order chi connectivity index (χ0) is 5.28. The van der Waals surface area contributed by atoms with Gasteiger partial charge in [-0.1, -0.05) is 5.16 Å². The van der Waals surface area contributed by atoms with Crippen LogP contribution < -0.4 is 0 Å². The Labute approximate surface area is 42.1 Å². The molecule has 0 amide bonds. The van der Waals surface area contributed by atoms with E-state index in [-0.39, 0.29) is 5.76 Å². The van der Waals surface area contributed by atoms with Gasteiger partial charge in [0.15, 0.2) is 0 Å². The van der Waals surface area contributed by atoms with E-state index in [1.54, 1.807) is 0 Å². The van der Waals surface area contributed by atoms with Crippen molar-refractivity contribution >= 4 is 0 Å². The Bertz CT molecular complexity index is 140. The van der Waals surface area contributed by atoms with E-state index in [1.807, 2.05) is 0 Å². The number of nitrogens with zero attached hydrogens (tertiary/aromatic N) is 1. The minimum absolute atomic E-state index is 0.181. The van der Waals surface area contributed by atoms with Crippen molar-refractivity contribution in [2.75, 3.05) is 0 Å². The third-order valence-electron chi connectivity index (χ3n) is 0.627. The smallest absolute Gasteiger partial charge is 0.144 e. The average Bonchev–Trinajstić information content (AvgIpc) is 1.91. The first-order chi connectivity index (χ1) is 3.30. The highest BCUT2D eigenvalue weighted by molar-refractivity contribution is 5.18. The van der Waals surface area contributed by atoms with Crippen LogP contribution in [0, 0.1) is 13.8 Å². The van der Waals surface area contributed by atoms with Gasteiger partial charge in [-0.2, -0.15) is 0 Å². The van der Waals surface area contributed by atoms with Crippen molar-refractivity contribution < 1.29 is 4.52 Å². The number of hydrogen-bond acceptors (Lipinski definition) is 2. The van der Waals surface area contributed by atoms with E-state index in [0.29, 0.717) is 5.56 Å². The third-order valence-corrected chi connectivity index (χ3v) is 0.627. The van der Waals surface area contributed by atoms with E-state index in [0.717, 1.165) is 0 Å². The van der Waals surface area contributed by atoms with E-state index >= 15 is 0 Å². The molecule has 7 heavy (non-hydrogen) atoms. The van der Waals surface area contributed by atoms with Crippen molar-refractivity contribution in [3.8, 4) is 0 Å². The number of aromatic nitrogens is 1. The molecule has 0 bridgehead atoms. The monoisotopic (exact) mass is 93.0 g/mol. The van der Waals surface area contributed by atoms with Crippen LogP contribution in [0.4, 0.5) is 0 Å². The summed E-state index contributed by atoms with van der Waals surface area (Å²) in [6.45, 7) is 10.2. The zero-order valence-electron chi connectivity index (χ0n) is 3.59. The largest absolute Gasteiger partial charge is 0.361 e. The van der Waals surface area contributed by atoms with Gasteiger partial charge in [0.25, 0.3) is 0 Å². The van der Waals surface area contributed by atoms with Crippen LogP contribution >= 0.6 is 0 Å². The zero-order valence-corrected chi connectivity index (χ0v) is 3.59. The van der Waals surface area contributed by atoms with Crippen LogP contribution in [0.15, 0.2) is 10.7 Å². The van der Waals surface area contributed by atoms with E-state index in [2.05, 4.69) is 9.68 Å². The highest BCUT2D eigenvalue weighted by Gasteiger charge is 1.92. The molecule has 0 saturated carbocycles. The molecule has 0 spiro atoms. The number of rotatable bonds is 0. The summed E-state index contributed by atoms with van der Waals surface area (Å²) < 4.78 is 4.37.